The second-order valence-electron chi connectivity index (χ2n) is 3.77. The summed E-state index contributed by atoms with van der Waals surface area (Å²) < 4.78 is 10.8. The Kier molecular flexibility index (Phi) is 2.08. The summed E-state index contributed by atoms with van der Waals surface area (Å²) in [5.74, 6) is 2.19. The van der Waals surface area contributed by atoms with Crippen molar-refractivity contribution in [1.82, 2.24) is 0 Å². The van der Waals surface area contributed by atoms with Gasteiger partial charge in [0.05, 0.1) is 18.5 Å². The Hall–Kier alpha value is -2.36. The minimum Gasteiger partial charge on any atom is -0.508 e. The first kappa shape index (κ1) is 9.84. The number of phenols is 1. The molecular formula is C13H11NO3. The lowest BCUT2D eigenvalue weighted by Crippen LogP contribution is -2.02. The molecule has 0 unspecified atom stereocenters. The van der Waals surface area contributed by atoms with E-state index in [9.17, 15) is 5.11 Å². The summed E-state index contributed by atoms with van der Waals surface area (Å²) in [6, 6.07) is 10.5. The van der Waals surface area contributed by atoms with Crippen LogP contribution >= 0.6 is 0 Å². The molecule has 17 heavy (non-hydrogen) atoms. The van der Waals surface area contributed by atoms with Crippen molar-refractivity contribution in [3.63, 3.8) is 0 Å². The van der Waals surface area contributed by atoms with Crippen LogP contribution in [0.2, 0.25) is 0 Å². The van der Waals surface area contributed by atoms with E-state index in [1.807, 2.05) is 12.1 Å². The Morgan fingerprint density at radius 2 is 1.76 bits per heavy atom. The third-order valence-electron chi connectivity index (χ3n) is 2.64. The molecule has 0 aliphatic carbocycles. The molecule has 1 aliphatic heterocycles. The SMILES string of the molecule is COc1ccc2c(c1)Oc1cc(O)ccc1N2. The van der Waals surface area contributed by atoms with Crippen molar-refractivity contribution in [2.45, 2.75) is 0 Å². The zero-order valence-corrected chi connectivity index (χ0v) is 9.23. The van der Waals surface area contributed by atoms with Crippen LogP contribution in [0.1, 0.15) is 0 Å². The van der Waals surface area contributed by atoms with Crippen LogP contribution in [-0.2, 0) is 0 Å². The van der Waals surface area contributed by atoms with Gasteiger partial charge < -0.3 is 19.9 Å². The zero-order chi connectivity index (χ0) is 11.8. The highest BCUT2D eigenvalue weighted by Gasteiger charge is 2.17. The molecule has 0 aromatic heterocycles. The molecule has 0 saturated heterocycles. The van der Waals surface area contributed by atoms with E-state index in [0.717, 1.165) is 17.1 Å². The molecule has 0 amide bonds. The van der Waals surface area contributed by atoms with Crippen LogP contribution in [0.3, 0.4) is 0 Å². The van der Waals surface area contributed by atoms with Crippen LogP contribution in [0, 0.1) is 0 Å². The van der Waals surface area contributed by atoms with E-state index in [-0.39, 0.29) is 5.75 Å². The van der Waals surface area contributed by atoms with Crippen molar-refractivity contribution in [3.05, 3.63) is 36.4 Å². The molecule has 2 aromatic rings. The monoisotopic (exact) mass is 229 g/mol. The summed E-state index contributed by atoms with van der Waals surface area (Å²) in [7, 11) is 1.61. The van der Waals surface area contributed by atoms with Crippen molar-refractivity contribution >= 4 is 11.4 Å². The van der Waals surface area contributed by atoms with Crippen molar-refractivity contribution in [3.8, 4) is 23.0 Å². The molecule has 2 N–H and O–H groups in total. The van der Waals surface area contributed by atoms with Gasteiger partial charge in [0.2, 0.25) is 0 Å². The smallest absolute Gasteiger partial charge is 0.154 e. The summed E-state index contributed by atoms with van der Waals surface area (Å²) in [5, 5.41) is 12.6. The van der Waals surface area contributed by atoms with Crippen LogP contribution in [-0.4, -0.2) is 12.2 Å². The van der Waals surface area contributed by atoms with Gasteiger partial charge in [0.25, 0.3) is 0 Å². The Morgan fingerprint density at radius 3 is 2.53 bits per heavy atom. The molecule has 3 rings (SSSR count). The Morgan fingerprint density at radius 1 is 1.06 bits per heavy atom. The first-order valence-electron chi connectivity index (χ1n) is 5.22. The summed E-state index contributed by atoms with van der Waals surface area (Å²) >= 11 is 0. The highest BCUT2D eigenvalue weighted by atomic mass is 16.5. The minimum absolute atomic E-state index is 0.178. The molecule has 86 valence electrons. The van der Waals surface area contributed by atoms with Crippen LogP contribution in [0.5, 0.6) is 23.0 Å². The van der Waals surface area contributed by atoms with Gasteiger partial charge in [-0.3, -0.25) is 0 Å². The zero-order valence-electron chi connectivity index (χ0n) is 9.23. The Bertz CT molecular complexity index is 581. The van der Waals surface area contributed by atoms with Crippen LogP contribution in [0.15, 0.2) is 36.4 Å². The van der Waals surface area contributed by atoms with Gasteiger partial charge in [0.1, 0.15) is 11.5 Å². The van der Waals surface area contributed by atoms with E-state index >= 15 is 0 Å². The van der Waals surface area contributed by atoms with Gasteiger partial charge in [-0.1, -0.05) is 0 Å². The molecule has 4 nitrogen and oxygen atoms in total. The normalized spacial score (nSPS) is 11.8. The fourth-order valence-corrected chi connectivity index (χ4v) is 1.78. The van der Waals surface area contributed by atoms with E-state index in [0.29, 0.717) is 11.5 Å². The topological polar surface area (TPSA) is 50.7 Å². The molecule has 0 saturated carbocycles. The average Bonchev–Trinajstić information content (AvgIpc) is 2.35. The van der Waals surface area contributed by atoms with E-state index in [2.05, 4.69) is 5.32 Å². The summed E-state index contributed by atoms with van der Waals surface area (Å²) in [6.07, 6.45) is 0. The fraction of sp³-hybridized carbons (Fsp3) is 0.0769. The minimum atomic E-state index is 0.178. The van der Waals surface area contributed by atoms with Crippen LogP contribution in [0.25, 0.3) is 0 Å². The second-order valence-corrected chi connectivity index (χ2v) is 3.77. The average molecular weight is 229 g/mol. The van der Waals surface area contributed by atoms with Gasteiger partial charge in [0, 0.05) is 12.1 Å². The number of methoxy groups -OCH3 is 1. The van der Waals surface area contributed by atoms with Crippen molar-refractivity contribution in [2.75, 3.05) is 12.4 Å². The van der Waals surface area contributed by atoms with Gasteiger partial charge in [0.15, 0.2) is 11.5 Å². The first-order chi connectivity index (χ1) is 8.26. The summed E-state index contributed by atoms with van der Waals surface area (Å²) in [6.45, 7) is 0. The van der Waals surface area contributed by atoms with Gasteiger partial charge >= 0.3 is 0 Å². The highest BCUT2D eigenvalue weighted by Crippen LogP contribution is 2.44. The number of anilines is 2. The first-order valence-corrected chi connectivity index (χ1v) is 5.22. The number of ether oxygens (including phenoxy) is 2. The number of benzene rings is 2. The lowest BCUT2D eigenvalue weighted by Gasteiger charge is -2.22. The number of rotatable bonds is 1. The fourth-order valence-electron chi connectivity index (χ4n) is 1.78. The van der Waals surface area contributed by atoms with Crippen LogP contribution < -0.4 is 14.8 Å². The summed E-state index contributed by atoms with van der Waals surface area (Å²) in [5.41, 5.74) is 1.71. The van der Waals surface area contributed by atoms with Gasteiger partial charge in [-0.05, 0) is 24.3 Å². The molecule has 0 spiro atoms. The maximum Gasteiger partial charge on any atom is 0.154 e. The predicted molar refractivity (Wildman–Crippen MR) is 64.5 cm³/mol. The Labute approximate surface area is 98.4 Å². The number of nitrogens with one attached hydrogen (secondary N) is 1. The third kappa shape index (κ3) is 1.63. The number of aromatic hydroxyl groups is 1. The number of fused-ring (bicyclic) bond motifs is 2. The maximum atomic E-state index is 9.40. The van der Waals surface area contributed by atoms with E-state index in [1.54, 1.807) is 31.4 Å². The van der Waals surface area contributed by atoms with Crippen molar-refractivity contribution in [2.24, 2.45) is 0 Å². The molecule has 0 fully saturated rings. The van der Waals surface area contributed by atoms with Gasteiger partial charge in [-0.2, -0.15) is 0 Å². The molecule has 2 aromatic carbocycles. The number of phenolic OH excluding ortho intramolecular Hbond substituents is 1. The highest BCUT2D eigenvalue weighted by molar-refractivity contribution is 5.76. The lowest BCUT2D eigenvalue weighted by molar-refractivity contribution is 0.408. The molecule has 4 heteroatoms. The molecular weight excluding hydrogens is 218 g/mol. The summed E-state index contributed by atoms with van der Waals surface area (Å²) in [4.78, 5) is 0. The van der Waals surface area contributed by atoms with E-state index in [1.165, 1.54) is 0 Å². The maximum absolute atomic E-state index is 9.40. The van der Waals surface area contributed by atoms with Gasteiger partial charge in [-0.15, -0.1) is 0 Å². The standard InChI is InChI=1S/C13H11NO3/c1-16-9-3-5-11-13(7-9)17-12-6-8(15)2-4-10(12)14-11/h2-7,14-15H,1H3. The molecule has 1 aliphatic rings. The van der Waals surface area contributed by atoms with Crippen molar-refractivity contribution in [1.29, 1.82) is 0 Å². The third-order valence-corrected chi connectivity index (χ3v) is 2.64. The molecule has 0 radical (unpaired) electrons. The molecule has 0 atom stereocenters. The predicted octanol–water partition coefficient (Wildman–Crippen LogP) is 3.25. The van der Waals surface area contributed by atoms with E-state index in [4.69, 9.17) is 9.47 Å². The van der Waals surface area contributed by atoms with Crippen molar-refractivity contribution < 1.29 is 14.6 Å². The molecule has 1 heterocycles. The Balaban J connectivity index is 2.05. The molecule has 0 bridgehead atoms. The number of hydrogen-bond acceptors (Lipinski definition) is 4. The van der Waals surface area contributed by atoms with Crippen LogP contribution in [0.4, 0.5) is 11.4 Å². The van der Waals surface area contributed by atoms with E-state index < -0.39 is 0 Å². The quantitative estimate of drug-likeness (QED) is 0.629. The largest absolute Gasteiger partial charge is 0.508 e. The number of hydrogen-bond donors (Lipinski definition) is 2. The lowest BCUT2D eigenvalue weighted by atomic mass is 10.2. The van der Waals surface area contributed by atoms with Gasteiger partial charge in [-0.25, -0.2) is 0 Å². The second kappa shape index (κ2) is 3.59.